The molecule has 6 heteroatoms. The summed E-state index contributed by atoms with van der Waals surface area (Å²) in [4.78, 5) is 0.327. The van der Waals surface area contributed by atoms with Crippen molar-refractivity contribution in [2.24, 2.45) is 5.73 Å². The smallest absolute Gasteiger partial charge is 0.240 e. The molecule has 0 saturated heterocycles. The topological polar surface area (TPSA) is 81.4 Å². The summed E-state index contributed by atoms with van der Waals surface area (Å²) in [7, 11) is -1.90. The lowest BCUT2D eigenvalue weighted by atomic mass is 10.2. The van der Waals surface area contributed by atoms with Crippen LogP contribution < -0.4 is 10.5 Å². The number of aryl methyl sites for hydroxylation is 2. The molecule has 0 heterocycles. The van der Waals surface area contributed by atoms with Crippen molar-refractivity contribution in [2.75, 3.05) is 20.3 Å². The number of sulfonamides is 1. The molecule has 5 nitrogen and oxygen atoms in total. The molecule has 0 saturated carbocycles. The number of hydrogen-bond acceptors (Lipinski definition) is 4. The molecule has 0 aliphatic carbocycles. The average molecular weight is 286 g/mol. The van der Waals surface area contributed by atoms with E-state index < -0.39 is 10.0 Å². The van der Waals surface area contributed by atoms with E-state index in [0.717, 1.165) is 11.1 Å². The van der Waals surface area contributed by atoms with E-state index in [1.165, 1.54) is 0 Å². The molecule has 0 bridgehead atoms. The van der Waals surface area contributed by atoms with E-state index in [4.69, 9.17) is 10.5 Å². The third-order valence-corrected chi connectivity index (χ3v) is 4.42. The third-order valence-electron chi connectivity index (χ3n) is 2.82. The van der Waals surface area contributed by atoms with Crippen molar-refractivity contribution in [3.8, 4) is 0 Å². The maximum Gasteiger partial charge on any atom is 0.240 e. The van der Waals surface area contributed by atoms with E-state index >= 15 is 0 Å². The van der Waals surface area contributed by atoms with Crippen LogP contribution in [0.2, 0.25) is 0 Å². The monoisotopic (exact) mass is 286 g/mol. The van der Waals surface area contributed by atoms with E-state index in [-0.39, 0.29) is 6.04 Å². The van der Waals surface area contributed by atoms with Gasteiger partial charge in [-0.05, 0) is 37.5 Å². The Hall–Kier alpha value is -0.950. The van der Waals surface area contributed by atoms with Crippen molar-refractivity contribution >= 4 is 10.0 Å². The zero-order valence-corrected chi connectivity index (χ0v) is 12.5. The van der Waals surface area contributed by atoms with Gasteiger partial charge in [-0.3, -0.25) is 0 Å². The molecule has 108 valence electrons. The Labute approximate surface area is 115 Å². The zero-order valence-electron chi connectivity index (χ0n) is 11.6. The van der Waals surface area contributed by atoms with Crippen LogP contribution in [0.1, 0.15) is 17.5 Å². The SMILES string of the molecule is COCC(N)CCNS(=O)(=O)c1cc(C)ccc1C. The fraction of sp³-hybridized carbons (Fsp3) is 0.538. The molecule has 19 heavy (non-hydrogen) atoms. The number of ether oxygens (including phenoxy) is 1. The Kier molecular flexibility index (Phi) is 5.93. The predicted octanol–water partition coefficient (Wildman–Crippen LogP) is 0.946. The van der Waals surface area contributed by atoms with Gasteiger partial charge < -0.3 is 10.5 Å². The second-order valence-electron chi connectivity index (χ2n) is 4.67. The summed E-state index contributed by atoms with van der Waals surface area (Å²) < 4.78 is 31.8. The zero-order chi connectivity index (χ0) is 14.5. The standard InChI is InChI=1S/C13H22N2O3S/c1-10-4-5-11(2)13(8-10)19(16,17)15-7-6-12(14)9-18-3/h4-5,8,12,15H,6-7,9,14H2,1-3H3. The van der Waals surface area contributed by atoms with Crippen molar-refractivity contribution in [2.45, 2.75) is 31.2 Å². The van der Waals surface area contributed by atoms with Gasteiger partial charge >= 0.3 is 0 Å². The van der Waals surface area contributed by atoms with E-state index in [0.29, 0.717) is 24.5 Å². The lowest BCUT2D eigenvalue weighted by Gasteiger charge is -2.13. The molecule has 1 atom stereocenters. The van der Waals surface area contributed by atoms with Gasteiger partial charge in [0.25, 0.3) is 0 Å². The predicted molar refractivity (Wildman–Crippen MR) is 75.6 cm³/mol. The lowest BCUT2D eigenvalue weighted by Crippen LogP contribution is -2.33. The highest BCUT2D eigenvalue weighted by atomic mass is 32.2. The maximum atomic E-state index is 12.2. The molecule has 0 aliphatic rings. The maximum absolute atomic E-state index is 12.2. The average Bonchev–Trinajstić information content (AvgIpc) is 2.32. The van der Waals surface area contributed by atoms with Gasteiger partial charge in [-0.1, -0.05) is 12.1 Å². The van der Waals surface area contributed by atoms with Crippen LogP contribution in [-0.2, 0) is 14.8 Å². The van der Waals surface area contributed by atoms with E-state index in [2.05, 4.69) is 4.72 Å². The molecule has 1 unspecified atom stereocenters. The van der Waals surface area contributed by atoms with Crippen molar-refractivity contribution in [1.82, 2.24) is 4.72 Å². The summed E-state index contributed by atoms with van der Waals surface area (Å²) in [5.74, 6) is 0. The summed E-state index contributed by atoms with van der Waals surface area (Å²) in [6, 6.07) is 5.21. The fourth-order valence-corrected chi connectivity index (χ4v) is 3.13. The summed E-state index contributed by atoms with van der Waals surface area (Å²) in [5, 5.41) is 0. The van der Waals surface area contributed by atoms with Crippen LogP contribution >= 0.6 is 0 Å². The van der Waals surface area contributed by atoms with Crippen LogP contribution in [0.5, 0.6) is 0 Å². The minimum Gasteiger partial charge on any atom is -0.383 e. The minimum absolute atomic E-state index is 0.161. The van der Waals surface area contributed by atoms with E-state index in [1.807, 2.05) is 13.0 Å². The number of hydrogen-bond donors (Lipinski definition) is 2. The molecule has 0 spiro atoms. The van der Waals surface area contributed by atoms with Gasteiger partial charge in [0.05, 0.1) is 11.5 Å². The van der Waals surface area contributed by atoms with Crippen molar-refractivity contribution in [1.29, 1.82) is 0 Å². The fourth-order valence-electron chi connectivity index (χ4n) is 1.75. The van der Waals surface area contributed by atoms with Crippen LogP contribution in [0.3, 0.4) is 0 Å². The number of nitrogens with one attached hydrogen (secondary N) is 1. The molecule has 3 N–H and O–H groups in total. The van der Waals surface area contributed by atoms with Crippen molar-refractivity contribution in [3.63, 3.8) is 0 Å². The quantitative estimate of drug-likeness (QED) is 0.782. The summed E-state index contributed by atoms with van der Waals surface area (Å²) >= 11 is 0. The number of methoxy groups -OCH3 is 1. The first-order chi connectivity index (χ1) is 8.86. The summed E-state index contributed by atoms with van der Waals surface area (Å²) in [6.07, 6.45) is 0.540. The van der Waals surface area contributed by atoms with Gasteiger partial charge in [0, 0.05) is 19.7 Å². The van der Waals surface area contributed by atoms with Gasteiger partial charge in [0.2, 0.25) is 10.0 Å². The van der Waals surface area contributed by atoms with Crippen LogP contribution in [0.4, 0.5) is 0 Å². The molecule has 1 aromatic carbocycles. The summed E-state index contributed by atoms with van der Waals surface area (Å²) in [5.41, 5.74) is 7.40. The Morgan fingerprint density at radius 2 is 2.05 bits per heavy atom. The van der Waals surface area contributed by atoms with Gasteiger partial charge in [-0.2, -0.15) is 0 Å². The number of nitrogens with two attached hydrogens (primary N) is 1. The van der Waals surface area contributed by atoms with Gasteiger partial charge in [-0.15, -0.1) is 0 Å². The van der Waals surface area contributed by atoms with Crippen LogP contribution in [0.25, 0.3) is 0 Å². The molecule has 0 aromatic heterocycles. The third kappa shape index (κ3) is 4.91. The lowest BCUT2D eigenvalue weighted by molar-refractivity contribution is 0.177. The molecular weight excluding hydrogens is 264 g/mol. The largest absolute Gasteiger partial charge is 0.383 e. The minimum atomic E-state index is -3.47. The molecular formula is C13H22N2O3S. The van der Waals surface area contributed by atoms with Crippen molar-refractivity contribution in [3.05, 3.63) is 29.3 Å². The first-order valence-electron chi connectivity index (χ1n) is 6.18. The van der Waals surface area contributed by atoms with E-state index in [9.17, 15) is 8.42 Å². The van der Waals surface area contributed by atoms with E-state index in [1.54, 1.807) is 26.2 Å². The molecule has 0 fully saturated rings. The Bertz CT molecular complexity index is 515. The summed E-state index contributed by atoms with van der Waals surface area (Å²) in [6.45, 7) is 4.38. The highest BCUT2D eigenvalue weighted by Gasteiger charge is 2.16. The second kappa shape index (κ2) is 7.00. The molecule has 0 amide bonds. The molecule has 0 radical (unpaired) electrons. The normalized spacial score (nSPS) is 13.5. The van der Waals surface area contributed by atoms with Gasteiger partial charge in [-0.25, -0.2) is 13.1 Å². The Balaban J connectivity index is 2.68. The highest BCUT2D eigenvalue weighted by Crippen LogP contribution is 2.16. The molecule has 1 aromatic rings. The molecule has 0 aliphatic heterocycles. The first-order valence-corrected chi connectivity index (χ1v) is 7.66. The van der Waals surface area contributed by atoms with Crippen LogP contribution in [-0.4, -0.2) is 34.7 Å². The number of benzene rings is 1. The van der Waals surface area contributed by atoms with Gasteiger partial charge in [0.15, 0.2) is 0 Å². The Morgan fingerprint density at radius 1 is 1.37 bits per heavy atom. The van der Waals surface area contributed by atoms with Gasteiger partial charge in [0.1, 0.15) is 0 Å². The number of rotatable bonds is 7. The first kappa shape index (κ1) is 16.1. The Morgan fingerprint density at radius 3 is 2.68 bits per heavy atom. The molecule has 1 rings (SSSR count). The van der Waals surface area contributed by atoms with Crippen LogP contribution in [0.15, 0.2) is 23.1 Å². The van der Waals surface area contributed by atoms with Crippen molar-refractivity contribution < 1.29 is 13.2 Å². The second-order valence-corrected chi connectivity index (χ2v) is 6.41. The van der Waals surface area contributed by atoms with Crippen LogP contribution in [0, 0.1) is 13.8 Å². The highest BCUT2D eigenvalue weighted by molar-refractivity contribution is 7.89.